The molecule has 1 aliphatic carbocycles. The average Bonchev–Trinajstić information content (AvgIpc) is 3.14. The predicted octanol–water partition coefficient (Wildman–Crippen LogP) is 3.79. The maximum absolute atomic E-state index is 13.1. The van der Waals surface area contributed by atoms with Crippen molar-refractivity contribution >= 4 is 32.3 Å². The third kappa shape index (κ3) is 4.40. The highest BCUT2D eigenvalue weighted by Gasteiger charge is 2.34. The van der Waals surface area contributed by atoms with E-state index in [1.54, 1.807) is 12.1 Å². The van der Waals surface area contributed by atoms with Gasteiger partial charge in [0.05, 0.1) is 23.5 Å². The number of anilines is 1. The maximum atomic E-state index is 13.1. The molecule has 0 spiro atoms. The summed E-state index contributed by atoms with van der Waals surface area (Å²) in [6.07, 6.45) is 4.07. The number of benzene rings is 1. The zero-order valence-electron chi connectivity index (χ0n) is 18.3. The molecule has 2 atom stereocenters. The fraction of sp³-hybridized carbons (Fsp3) is 0.478. The Morgan fingerprint density at radius 2 is 2.03 bits per heavy atom. The highest BCUT2D eigenvalue weighted by Crippen LogP contribution is 2.39. The van der Waals surface area contributed by atoms with Gasteiger partial charge >= 0.3 is 0 Å². The number of ether oxygens (including phenoxy) is 1. The highest BCUT2D eigenvalue weighted by atomic mass is 32.2. The SMILES string of the molecule is COc1ccc(S(=O)(=O)N2CCCC(C(=O)Nc3sc4c(c3C#N)CCC(C)C4)C2)cc1. The Balaban J connectivity index is 1.49. The van der Waals surface area contributed by atoms with Crippen LogP contribution in [0.2, 0.25) is 0 Å². The van der Waals surface area contributed by atoms with Crippen molar-refractivity contribution in [1.29, 1.82) is 5.26 Å². The molecule has 2 aliphatic rings. The van der Waals surface area contributed by atoms with E-state index < -0.39 is 15.9 Å². The summed E-state index contributed by atoms with van der Waals surface area (Å²) in [5.74, 6) is 0.483. The predicted molar refractivity (Wildman–Crippen MR) is 123 cm³/mol. The van der Waals surface area contributed by atoms with Gasteiger partial charge in [0.1, 0.15) is 16.8 Å². The number of fused-ring (bicyclic) bond motifs is 1. The summed E-state index contributed by atoms with van der Waals surface area (Å²) in [6, 6.07) is 8.54. The van der Waals surface area contributed by atoms with Gasteiger partial charge in [-0.05, 0) is 67.9 Å². The zero-order chi connectivity index (χ0) is 22.9. The second-order valence-electron chi connectivity index (χ2n) is 8.53. The van der Waals surface area contributed by atoms with Crippen LogP contribution in [0.5, 0.6) is 5.75 Å². The van der Waals surface area contributed by atoms with Crippen LogP contribution in [-0.2, 0) is 27.7 Å². The number of carbonyl (C=O) groups is 1. The van der Waals surface area contributed by atoms with Gasteiger partial charge in [-0.15, -0.1) is 11.3 Å². The molecule has 1 aliphatic heterocycles. The standard InChI is InChI=1S/C23H27N3O4S2/c1-15-5-10-19-20(13-24)23(31-21(19)12-15)25-22(27)16-4-3-11-26(14-16)32(28,29)18-8-6-17(30-2)7-9-18/h6-9,15-16H,3-5,10-12,14H2,1-2H3,(H,25,27). The molecular weight excluding hydrogens is 446 g/mol. The molecule has 9 heteroatoms. The number of thiophene rings is 1. The third-order valence-corrected chi connectivity index (χ3v) is 9.36. The monoisotopic (exact) mass is 473 g/mol. The average molecular weight is 474 g/mol. The van der Waals surface area contributed by atoms with E-state index in [2.05, 4.69) is 18.3 Å². The zero-order valence-corrected chi connectivity index (χ0v) is 19.9. The molecule has 2 aromatic rings. The summed E-state index contributed by atoms with van der Waals surface area (Å²) in [4.78, 5) is 14.4. The van der Waals surface area contributed by atoms with E-state index >= 15 is 0 Å². The van der Waals surface area contributed by atoms with Gasteiger partial charge in [0, 0.05) is 18.0 Å². The Labute approximate surface area is 193 Å². The Hall–Kier alpha value is -2.41. The lowest BCUT2D eigenvalue weighted by atomic mass is 9.88. The lowest BCUT2D eigenvalue weighted by molar-refractivity contribution is -0.120. The van der Waals surface area contributed by atoms with Crippen molar-refractivity contribution in [3.8, 4) is 11.8 Å². The minimum absolute atomic E-state index is 0.129. The van der Waals surface area contributed by atoms with Crippen molar-refractivity contribution in [1.82, 2.24) is 4.31 Å². The lowest BCUT2D eigenvalue weighted by Gasteiger charge is -2.31. The molecule has 0 saturated carbocycles. The summed E-state index contributed by atoms with van der Waals surface area (Å²) in [6.45, 7) is 2.71. The van der Waals surface area contributed by atoms with E-state index in [0.29, 0.717) is 41.6 Å². The van der Waals surface area contributed by atoms with Crippen LogP contribution in [-0.4, -0.2) is 38.8 Å². The normalized spacial score (nSPS) is 21.4. The first kappa shape index (κ1) is 22.8. The first-order chi connectivity index (χ1) is 15.3. The second-order valence-corrected chi connectivity index (χ2v) is 11.6. The molecule has 1 saturated heterocycles. The van der Waals surface area contributed by atoms with Crippen molar-refractivity contribution in [3.63, 3.8) is 0 Å². The van der Waals surface area contributed by atoms with Gasteiger partial charge in [0.25, 0.3) is 0 Å². The van der Waals surface area contributed by atoms with Crippen molar-refractivity contribution in [2.75, 3.05) is 25.5 Å². The fourth-order valence-electron chi connectivity index (χ4n) is 4.44. The number of carbonyl (C=O) groups excluding carboxylic acids is 1. The van der Waals surface area contributed by atoms with E-state index in [9.17, 15) is 18.5 Å². The first-order valence-electron chi connectivity index (χ1n) is 10.8. The largest absolute Gasteiger partial charge is 0.497 e. The van der Waals surface area contributed by atoms with Crippen LogP contribution in [0.4, 0.5) is 5.00 Å². The molecular formula is C23H27N3O4S2. The van der Waals surface area contributed by atoms with Crippen molar-refractivity contribution < 1.29 is 17.9 Å². The minimum Gasteiger partial charge on any atom is -0.497 e. The van der Waals surface area contributed by atoms with Crippen molar-refractivity contribution in [2.45, 2.75) is 43.9 Å². The maximum Gasteiger partial charge on any atom is 0.243 e. The van der Waals surface area contributed by atoms with Crippen LogP contribution in [0.25, 0.3) is 0 Å². The molecule has 1 aromatic carbocycles. The first-order valence-corrected chi connectivity index (χ1v) is 13.1. The van der Waals surface area contributed by atoms with Gasteiger partial charge in [0.15, 0.2) is 0 Å². The quantitative estimate of drug-likeness (QED) is 0.712. The van der Waals surface area contributed by atoms with Gasteiger partial charge in [-0.25, -0.2) is 8.42 Å². The number of nitrogens with zero attached hydrogens (tertiary/aromatic N) is 2. The smallest absolute Gasteiger partial charge is 0.243 e. The molecule has 1 fully saturated rings. The van der Waals surface area contributed by atoms with E-state index in [0.717, 1.165) is 24.8 Å². The number of sulfonamides is 1. The molecule has 2 unspecified atom stereocenters. The summed E-state index contributed by atoms with van der Waals surface area (Å²) in [7, 11) is -2.17. The molecule has 7 nitrogen and oxygen atoms in total. The molecule has 0 bridgehead atoms. The van der Waals surface area contributed by atoms with E-state index in [1.807, 2.05) is 0 Å². The molecule has 1 N–H and O–H groups in total. The number of nitriles is 1. The molecule has 1 amide bonds. The van der Waals surface area contributed by atoms with Crippen molar-refractivity contribution in [2.24, 2.45) is 11.8 Å². The van der Waals surface area contributed by atoms with Crippen LogP contribution in [0.15, 0.2) is 29.2 Å². The van der Waals surface area contributed by atoms with Gasteiger partial charge in [-0.3, -0.25) is 4.79 Å². The molecule has 0 radical (unpaired) electrons. The number of hydrogen-bond acceptors (Lipinski definition) is 6. The lowest BCUT2D eigenvalue weighted by Crippen LogP contribution is -2.43. The molecule has 32 heavy (non-hydrogen) atoms. The van der Waals surface area contributed by atoms with Crippen LogP contribution in [0, 0.1) is 23.2 Å². The van der Waals surface area contributed by atoms with E-state index in [1.165, 1.54) is 39.8 Å². The van der Waals surface area contributed by atoms with Crippen LogP contribution in [0.3, 0.4) is 0 Å². The summed E-state index contributed by atoms with van der Waals surface area (Å²) in [5, 5.41) is 13.2. The van der Waals surface area contributed by atoms with Gasteiger partial charge in [0.2, 0.25) is 15.9 Å². The van der Waals surface area contributed by atoms with Gasteiger partial charge < -0.3 is 10.1 Å². The minimum atomic E-state index is -3.70. The number of nitrogens with one attached hydrogen (secondary N) is 1. The highest BCUT2D eigenvalue weighted by molar-refractivity contribution is 7.89. The Bertz CT molecular complexity index is 1150. The second kappa shape index (κ2) is 9.22. The van der Waals surface area contributed by atoms with Gasteiger partial charge in [-0.1, -0.05) is 6.92 Å². The van der Waals surface area contributed by atoms with Crippen LogP contribution >= 0.6 is 11.3 Å². The summed E-state index contributed by atoms with van der Waals surface area (Å²) in [5.41, 5.74) is 1.64. The van der Waals surface area contributed by atoms with E-state index in [4.69, 9.17) is 4.74 Å². The van der Waals surface area contributed by atoms with E-state index in [-0.39, 0.29) is 17.3 Å². The molecule has 4 rings (SSSR count). The number of rotatable bonds is 5. The molecule has 170 valence electrons. The Morgan fingerprint density at radius 3 is 2.72 bits per heavy atom. The summed E-state index contributed by atoms with van der Waals surface area (Å²) >= 11 is 1.49. The third-order valence-electron chi connectivity index (χ3n) is 6.31. The van der Waals surface area contributed by atoms with Crippen LogP contribution in [0.1, 0.15) is 42.2 Å². The molecule has 2 heterocycles. The Kier molecular flexibility index (Phi) is 6.56. The number of amides is 1. The van der Waals surface area contributed by atoms with Gasteiger partial charge in [-0.2, -0.15) is 9.57 Å². The fourth-order valence-corrected chi connectivity index (χ4v) is 7.33. The Morgan fingerprint density at radius 1 is 1.28 bits per heavy atom. The number of hydrogen-bond donors (Lipinski definition) is 1. The number of piperidine rings is 1. The van der Waals surface area contributed by atoms with Crippen molar-refractivity contribution in [3.05, 3.63) is 40.3 Å². The van der Waals surface area contributed by atoms with Crippen LogP contribution < -0.4 is 10.1 Å². The summed E-state index contributed by atoms with van der Waals surface area (Å²) < 4.78 is 32.7. The number of methoxy groups -OCH3 is 1. The topological polar surface area (TPSA) is 99.5 Å². The molecule has 1 aromatic heterocycles.